The third-order valence-corrected chi connectivity index (χ3v) is 17.7. The maximum absolute atomic E-state index is 13.6. The Kier molecular flexibility index (Phi) is 9.28. The van der Waals surface area contributed by atoms with Gasteiger partial charge in [-0.1, -0.05) is 34.6 Å². The number of aliphatic hydroxyl groups is 2. The van der Waals surface area contributed by atoms with Crippen LogP contribution in [0.5, 0.6) is 0 Å². The topological polar surface area (TPSA) is 94.9 Å². The summed E-state index contributed by atoms with van der Waals surface area (Å²) in [7, 11) is 0. The van der Waals surface area contributed by atoms with Gasteiger partial charge in [0, 0.05) is 69.8 Å². The molecule has 2 spiro atoms. The zero-order valence-electron chi connectivity index (χ0n) is 33.5. The first kappa shape index (κ1) is 37.9. The lowest BCUT2D eigenvalue weighted by Gasteiger charge is -2.63. The smallest absolute Gasteiger partial charge is 0.410 e. The molecule has 0 bridgehead atoms. The molecular formula is C42H70FN3O6. The van der Waals surface area contributed by atoms with E-state index in [1.165, 1.54) is 12.8 Å². The summed E-state index contributed by atoms with van der Waals surface area (Å²) < 4.78 is 32.8. The maximum Gasteiger partial charge on any atom is 0.410 e. The number of rotatable bonds is 8. The molecule has 13 atom stereocenters. The average Bonchev–Trinajstić information content (AvgIpc) is 3.70. The highest BCUT2D eigenvalue weighted by Gasteiger charge is 2.85. The number of alkyl halides is 1. The van der Waals surface area contributed by atoms with Crippen LogP contribution < -0.4 is 0 Å². The van der Waals surface area contributed by atoms with Crippen molar-refractivity contribution in [2.75, 3.05) is 59.0 Å². The van der Waals surface area contributed by atoms with Crippen molar-refractivity contribution in [1.82, 2.24) is 14.7 Å². The van der Waals surface area contributed by atoms with Crippen LogP contribution in [0.1, 0.15) is 107 Å². The Labute approximate surface area is 312 Å². The first-order valence-corrected chi connectivity index (χ1v) is 21.1. The third kappa shape index (κ3) is 5.36. The number of ether oxygens (including phenoxy) is 3. The highest BCUT2D eigenvalue weighted by molar-refractivity contribution is 5.68. The maximum atomic E-state index is 13.6. The first-order valence-electron chi connectivity index (χ1n) is 21.1. The van der Waals surface area contributed by atoms with Gasteiger partial charge in [0.25, 0.3) is 0 Å². The molecule has 0 radical (unpaired) electrons. The van der Waals surface area contributed by atoms with Crippen molar-refractivity contribution in [2.45, 2.75) is 149 Å². The Morgan fingerprint density at radius 1 is 0.962 bits per heavy atom. The van der Waals surface area contributed by atoms with Crippen molar-refractivity contribution in [1.29, 1.82) is 0 Å². The molecule has 3 aliphatic heterocycles. The van der Waals surface area contributed by atoms with Crippen LogP contribution in [-0.4, -0.2) is 132 Å². The van der Waals surface area contributed by atoms with Crippen LogP contribution >= 0.6 is 0 Å². The number of likely N-dealkylation sites (tertiary alicyclic amines) is 1. The van der Waals surface area contributed by atoms with Gasteiger partial charge in [-0.15, -0.1) is 0 Å². The minimum absolute atomic E-state index is 0.0253. The van der Waals surface area contributed by atoms with E-state index in [2.05, 4.69) is 44.4 Å². The molecule has 10 heteroatoms. The second-order valence-corrected chi connectivity index (χ2v) is 20.6. The van der Waals surface area contributed by atoms with E-state index in [0.29, 0.717) is 50.5 Å². The van der Waals surface area contributed by atoms with Gasteiger partial charge in [0.1, 0.15) is 18.4 Å². The molecule has 0 aromatic carbocycles. The molecule has 0 aromatic rings. The van der Waals surface area contributed by atoms with E-state index in [-0.39, 0.29) is 57.4 Å². The second kappa shape index (κ2) is 12.7. The van der Waals surface area contributed by atoms with Gasteiger partial charge in [-0.2, -0.15) is 0 Å². The van der Waals surface area contributed by atoms with Gasteiger partial charge in [-0.3, -0.25) is 9.80 Å². The van der Waals surface area contributed by atoms with Crippen molar-refractivity contribution in [3.63, 3.8) is 0 Å². The van der Waals surface area contributed by atoms with Crippen molar-refractivity contribution in [2.24, 2.45) is 50.7 Å². The van der Waals surface area contributed by atoms with Gasteiger partial charge in [0.15, 0.2) is 0 Å². The van der Waals surface area contributed by atoms with Gasteiger partial charge >= 0.3 is 6.09 Å². The van der Waals surface area contributed by atoms with E-state index in [0.717, 1.165) is 64.7 Å². The minimum atomic E-state index is -1.04. The molecule has 8 fully saturated rings. The Balaban J connectivity index is 0.945. The lowest BCUT2D eigenvalue weighted by molar-refractivity contribution is -0.215. The highest BCUT2D eigenvalue weighted by Crippen LogP contribution is 2.89. The summed E-state index contributed by atoms with van der Waals surface area (Å²) in [6.07, 6.45) is 6.23. The molecule has 8 rings (SSSR count). The minimum Gasteiger partial charge on any atom is -0.446 e. The first-order chi connectivity index (χ1) is 24.4. The van der Waals surface area contributed by atoms with Gasteiger partial charge in [-0.25, -0.2) is 9.18 Å². The number of halogens is 1. The van der Waals surface area contributed by atoms with E-state index >= 15 is 0 Å². The predicted molar refractivity (Wildman–Crippen MR) is 197 cm³/mol. The van der Waals surface area contributed by atoms with Gasteiger partial charge < -0.3 is 29.3 Å². The summed E-state index contributed by atoms with van der Waals surface area (Å²) in [5.74, 6) is 1.57. The standard InChI is InChI=1S/C42H70FN3O6/c1-9-50-35(38(5,6)49)28-22-26(2)32-33(51-28)34(47)40(8)30-11-10-29-37(3,4)31(12-13-41(29)25-42(30,41)15-14-39(32,40)7)52-36(48)46-20-18-44(19-21-46)16-17-45-23-27(43)24-45/h26-35,47,49H,9-25H2,1-8H3/t26-,28-,29+,30+,31+,32+,33+,34+,35+,39-,40-,41-,42+/m1/s1. The molecule has 5 saturated carbocycles. The van der Waals surface area contributed by atoms with Crippen LogP contribution in [0.3, 0.4) is 0 Å². The number of aliphatic hydroxyl groups excluding tert-OH is 1. The van der Waals surface area contributed by atoms with Crippen LogP contribution in [-0.2, 0) is 14.2 Å². The molecule has 9 nitrogen and oxygen atoms in total. The van der Waals surface area contributed by atoms with Gasteiger partial charge in [0.05, 0.1) is 23.9 Å². The number of carbonyl (C=O) groups excluding carboxylic acids is 1. The molecule has 2 N–H and O–H groups in total. The SMILES string of the molecule is CCO[C@@H]([C@H]1C[C@@H](C)[C@H]2[C@H](O1)[C@H](O)[C@@]1(C)[C@@H]3CC[C@H]4C(C)(C)[C@@H](OC(=O)N5CCN(CCN6CC(F)C6)CC5)CC[C@@]45C[C@@]35CC[C@]21C)C(C)(C)O. The van der Waals surface area contributed by atoms with Crippen molar-refractivity contribution in [3.8, 4) is 0 Å². The van der Waals surface area contributed by atoms with Crippen molar-refractivity contribution in [3.05, 3.63) is 0 Å². The third-order valence-electron chi connectivity index (χ3n) is 17.7. The monoisotopic (exact) mass is 732 g/mol. The van der Waals surface area contributed by atoms with Gasteiger partial charge in [0.2, 0.25) is 0 Å². The summed E-state index contributed by atoms with van der Waals surface area (Å²) in [4.78, 5) is 20.1. The molecule has 3 heterocycles. The fraction of sp³-hybridized carbons (Fsp3) is 0.976. The fourth-order valence-corrected chi connectivity index (χ4v) is 15.0. The predicted octanol–water partition coefficient (Wildman–Crippen LogP) is 5.75. The van der Waals surface area contributed by atoms with E-state index in [4.69, 9.17) is 14.2 Å². The van der Waals surface area contributed by atoms with E-state index in [1.54, 1.807) is 0 Å². The van der Waals surface area contributed by atoms with Crippen LogP contribution in [0.25, 0.3) is 0 Å². The molecule has 3 saturated heterocycles. The van der Waals surface area contributed by atoms with E-state index < -0.39 is 24.0 Å². The Hall–Kier alpha value is -1.04. The Morgan fingerprint density at radius 3 is 2.27 bits per heavy atom. The molecule has 0 unspecified atom stereocenters. The number of carbonyl (C=O) groups is 1. The number of fused-ring (bicyclic) bond motifs is 4. The van der Waals surface area contributed by atoms with Crippen LogP contribution in [0, 0.1) is 50.7 Å². The zero-order valence-corrected chi connectivity index (χ0v) is 33.5. The Morgan fingerprint density at radius 2 is 1.62 bits per heavy atom. The van der Waals surface area contributed by atoms with Crippen molar-refractivity contribution < 1.29 is 33.6 Å². The quantitative estimate of drug-likeness (QED) is 0.326. The summed E-state index contributed by atoms with van der Waals surface area (Å²) >= 11 is 0. The highest BCUT2D eigenvalue weighted by atomic mass is 19.1. The number of amides is 1. The number of hydrogen-bond acceptors (Lipinski definition) is 8. The summed E-state index contributed by atoms with van der Waals surface area (Å²) in [6.45, 7) is 24.1. The average molecular weight is 732 g/mol. The van der Waals surface area contributed by atoms with Gasteiger partial charge in [-0.05, 0) is 112 Å². The van der Waals surface area contributed by atoms with Crippen LogP contribution in [0.4, 0.5) is 9.18 Å². The number of piperazine rings is 1. The summed E-state index contributed by atoms with van der Waals surface area (Å²) in [5, 5.41) is 23.7. The molecule has 296 valence electrons. The lowest BCUT2D eigenvalue weighted by Crippen LogP contribution is -2.60. The van der Waals surface area contributed by atoms with E-state index in [9.17, 15) is 19.4 Å². The summed E-state index contributed by atoms with van der Waals surface area (Å²) in [5.41, 5.74) is -0.953. The zero-order chi connectivity index (χ0) is 37.2. The lowest BCUT2D eigenvalue weighted by atomic mass is 9.41. The molecule has 8 aliphatic rings. The number of hydrogen-bond donors (Lipinski definition) is 2. The normalized spacial score (nSPS) is 48.0. The molecular weight excluding hydrogens is 661 g/mol. The molecule has 52 heavy (non-hydrogen) atoms. The fourth-order valence-electron chi connectivity index (χ4n) is 15.0. The number of nitrogens with zero attached hydrogens (tertiary/aromatic N) is 3. The molecule has 0 aromatic heterocycles. The second-order valence-electron chi connectivity index (χ2n) is 20.6. The van der Waals surface area contributed by atoms with Crippen LogP contribution in [0.2, 0.25) is 0 Å². The summed E-state index contributed by atoms with van der Waals surface area (Å²) in [6, 6.07) is 0. The molecule has 1 amide bonds. The van der Waals surface area contributed by atoms with E-state index in [1.807, 2.05) is 25.7 Å². The largest absolute Gasteiger partial charge is 0.446 e. The van der Waals surface area contributed by atoms with Crippen LogP contribution in [0.15, 0.2) is 0 Å². The Bertz CT molecular complexity index is 1360. The molecule has 5 aliphatic carbocycles. The van der Waals surface area contributed by atoms with Crippen molar-refractivity contribution >= 4 is 6.09 Å².